The zero-order valence-corrected chi connectivity index (χ0v) is 13.7. The van der Waals surface area contributed by atoms with Crippen molar-refractivity contribution in [2.24, 2.45) is 0 Å². The summed E-state index contributed by atoms with van der Waals surface area (Å²) in [6.45, 7) is -0.218. The van der Waals surface area contributed by atoms with E-state index in [1.807, 2.05) is 0 Å². The highest BCUT2D eigenvalue weighted by atomic mass is 35.5. The number of sulfonamides is 1. The van der Waals surface area contributed by atoms with Crippen LogP contribution in [0.4, 0.5) is 10.1 Å². The van der Waals surface area contributed by atoms with Crippen LogP contribution in [0.3, 0.4) is 0 Å². The molecule has 0 spiro atoms. The zero-order chi connectivity index (χ0) is 17.3. The molecule has 0 bridgehead atoms. The van der Waals surface area contributed by atoms with E-state index in [1.165, 1.54) is 36.4 Å². The van der Waals surface area contributed by atoms with Gasteiger partial charge in [-0.1, -0.05) is 23.7 Å². The number of halogens is 2. The summed E-state index contributed by atoms with van der Waals surface area (Å²) >= 11 is 6.02. The molecule has 0 saturated heterocycles. The molecular formula is C15H12ClFN2O4S. The fraction of sp³-hybridized carbons (Fsp3) is 0.133. The molecule has 2 aromatic carbocycles. The quantitative estimate of drug-likeness (QED) is 0.864. The number of carbonyl (C=O) groups is 1. The van der Waals surface area contributed by atoms with Crippen molar-refractivity contribution >= 4 is 33.2 Å². The van der Waals surface area contributed by atoms with Crippen molar-refractivity contribution < 1.29 is 22.3 Å². The highest BCUT2D eigenvalue weighted by molar-refractivity contribution is 7.89. The lowest BCUT2D eigenvalue weighted by Gasteiger charge is -2.19. The Morgan fingerprint density at radius 2 is 1.96 bits per heavy atom. The molecule has 0 saturated carbocycles. The Hall–Kier alpha value is -2.16. The Morgan fingerprint density at radius 1 is 1.25 bits per heavy atom. The Balaban J connectivity index is 1.84. The summed E-state index contributed by atoms with van der Waals surface area (Å²) in [6.07, 6.45) is 0. The Kier molecular flexibility index (Phi) is 4.44. The van der Waals surface area contributed by atoms with Crippen molar-refractivity contribution in [1.29, 1.82) is 0 Å². The van der Waals surface area contributed by atoms with Crippen LogP contribution < -0.4 is 14.8 Å². The van der Waals surface area contributed by atoms with Crippen molar-refractivity contribution in [2.45, 2.75) is 11.4 Å². The van der Waals surface area contributed by atoms with Crippen molar-refractivity contribution in [3.05, 3.63) is 52.8 Å². The predicted molar refractivity (Wildman–Crippen MR) is 86.0 cm³/mol. The average molecular weight is 371 g/mol. The number of ether oxygens (including phenoxy) is 1. The van der Waals surface area contributed by atoms with Crippen LogP contribution in [-0.4, -0.2) is 20.9 Å². The molecule has 0 radical (unpaired) electrons. The Morgan fingerprint density at radius 3 is 2.67 bits per heavy atom. The third-order valence-electron chi connectivity index (χ3n) is 3.34. The second-order valence-electron chi connectivity index (χ2n) is 5.07. The lowest BCUT2D eigenvalue weighted by Crippen LogP contribution is -2.27. The number of anilines is 1. The molecule has 126 valence electrons. The van der Waals surface area contributed by atoms with Crippen molar-refractivity contribution in [3.63, 3.8) is 0 Å². The maximum absolute atomic E-state index is 12.9. The molecule has 0 unspecified atom stereocenters. The van der Waals surface area contributed by atoms with Gasteiger partial charge in [0.2, 0.25) is 10.0 Å². The van der Waals surface area contributed by atoms with Crippen LogP contribution in [0.15, 0.2) is 41.3 Å². The van der Waals surface area contributed by atoms with Gasteiger partial charge < -0.3 is 10.1 Å². The summed E-state index contributed by atoms with van der Waals surface area (Å²) in [5.41, 5.74) is 0.909. The van der Waals surface area contributed by atoms with E-state index < -0.39 is 15.8 Å². The van der Waals surface area contributed by atoms with Crippen molar-refractivity contribution in [1.82, 2.24) is 4.72 Å². The number of rotatable bonds is 4. The number of benzene rings is 2. The van der Waals surface area contributed by atoms with Gasteiger partial charge in [0.1, 0.15) is 16.5 Å². The normalized spacial score (nSPS) is 13.8. The van der Waals surface area contributed by atoms with E-state index in [0.717, 1.165) is 0 Å². The molecule has 1 heterocycles. The summed E-state index contributed by atoms with van der Waals surface area (Å²) in [5.74, 6) is -0.525. The number of hydrogen-bond donors (Lipinski definition) is 2. The Labute approximate surface area is 142 Å². The molecule has 3 rings (SSSR count). The second kappa shape index (κ2) is 6.39. The fourth-order valence-electron chi connectivity index (χ4n) is 2.15. The van der Waals surface area contributed by atoms with Gasteiger partial charge >= 0.3 is 0 Å². The lowest BCUT2D eigenvalue weighted by atomic mass is 10.2. The van der Waals surface area contributed by atoms with E-state index >= 15 is 0 Å². The summed E-state index contributed by atoms with van der Waals surface area (Å²) in [6, 6.07) is 8.01. The molecule has 2 N–H and O–H groups in total. The van der Waals surface area contributed by atoms with E-state index in [0.29, 0.717) is 11.3 Å². The van der Waals surface area contributed by atoms with E-state index in [2.05, 4.69) is 10.0 Å². The van der Waals surface area contributed by atoms with Gasteiger partial charge in [0.25, 0.3) is 5.91 Å². The zero-order valence-electron chi connectivity index (χ0n) is 12.2. The summed E-state index contributed by atoms with van der Waals surface area (Å²) in [4.78, 5) is 11.1. The van der Waals surface area contributed by atoms with Gasteiger partial charge in [-0.3, -0.25) is 4.79 Å². The van der Waals surface area contributed by atoms with Gasteiger partial charge in [-0.15, -0.1) is 0 Å². The molecule has 1 amide bonds. The van der Waals surface area contributed by atoms with Gasteiger partial charge in [0, 0.05) is 12.6 Å². The van der Waals surface area contributed by atoms with Crippen molar-refractivity contribution in [3.8, 4) is 5.75 Å². The van der Waals surface area contributed by atoms with Crippen LogP contribution in [0.2, 0.25) is 5.02 Å². The van der Waals surface area contributed by atoms with Crippen LogP contribution in [0, 0.1) is 5.82 Å². The largest absolute Gasteiger partial charge is 0.482 e. The summed E-state index contributed by atoms with van der Waals surface area (Å²) < 4.78 is 45.3. The highest BCUT2D eigenvalue weighted by Gasteiger charge is 2.24. The molecule has 2 aromatic rings. The molecule has 24 heavy (non-hydrogen) atoms. The minimum absolute atomic E-state index is 0.0202. The van der Waals surface area contributed by atoms with Gasteiger partial charge in [-0.2, -0.15) is 0 Å². The first kappa shape index (κ1) is 16.7. The molecule has 1 aliphatic heterocycles. The molecule has 0 aromatic heterocycles. The predicted octanol–water partition coefficient (Wildman–Crippen LogP) is 2.29. The van der Waals surface area contributed by atoms with Crippen LogP contribution >= 0.6 is 11.6 Å². The number of amides is 1. The van der Waals surface area contributed by atoms with Crippen LogP contribution in [-0.2, 0) is 21.4 Å². The van der Waals surface area contributed by atoms with E-state index in [1.54, 1.807) is 0 Å². The molecule has 9 heteroatoms. The summed E-state index contributed by atoms with van der Waals surface area (Å²) in [7, 11) is -3.91. The van der Waals surface area contributed by atoms with Gasteiger partial charge in [-0.05, 0) is 23.8 Å². The minimum Gasteiger partial charge on any atom is -0.482 e. The SMILES string of the molecule is O=C1COc2cc(S(=O)(=O)NCc3ccc(F)cc3)c(Cl)cc2N1. The topological polar surface area (TPSA) is 84.5 Å². The van der Waals surface area contributed by atoms with E-state index in [9.17, 15) is 17.6 Å². The number of hydrogen-bond acceptors (Lipinski definition) is 4. The highest BCUT2D eigenvalue weighted by Crippen LogP contribution is 2.35. The van der Waals surface area contributed by atoms with Crippen LogP contribution in [0.5, 0.6) is 5.75 Å². The molecular weight excluding hydrogens is 359 g/mol. The molecule has 0 atom stereocenters. The second-order valence-corrected chi connectivity index (χ2v) is 7.21. The van der Waals surface area contributed by atoms with Crippen molar-refractivity contribution in [2.75, 3.05) is 11.9 Å². The Bertz CT molecular complexity index is 900. The number of fused-ring (bicyclic) bond motifs is 1. The molecule has 1 aliphatic rings. The monoisotopic (exact) mass is 370 g/mol. The number of nitrogens with one attached hydrogen (secondary N) is 2. The van der Waals surface area contributed by atoms with Gasteiger partial charge in [-0.25, -0.2) is 17.5 Å². The minimum atomic E-state index is -3.91. The van der Waals surface area contributed by atoms with Crippen LogP contribution in [0.1, 0.15) is 5.56 Å². The lowest BCUT2D eigenvalue weighted by molar-refractivity contribution is -0.118. The third kappa shape index (κ3) is 3.50. The van der Waals surface area contributed by atoms with E-state index in [4.69, 9.17) is 16.3 Å². The van der Waals surface area contributed by atoms with E-state index in [-0.39, 0.29) is 34.7 Å². The third-order valence-corrected chi connectivity index (χ3v) is 5.20. The molecule has 6 nitrogen and oxygen atoms in total. The first-order chi connectivity index (χ1) is 11.3. The average Bonchev–Trinajstić information content (AvgIpc) is 2.53. The summed E-state index contributed by atoms with van der Waals surface area (Å²) in [5, 5.41) is 2.49. The van der Waals surface area contributed by atoms with Crippen LogP contribution in [0.25, 0.3) is 0 Å². The fourth-order valence-corrected chi connectivity index (χ4v) is 3.70. The first-order valence-electron chi connectivity index (χ1n) is 6.85. The number of carbonyl (C=O) groups excluding carboxylic acids is 1. The maximum atomic E-state index is 12.9. The molecule has 0 fully saturated rings. The molecule has 0 aliphatic carbocycles. The maximum Gasteiger partial charge on any atom is 0.262 e. The van der Waals surface area contributed by atoms with Gasteiger partial charge in [0.15, 0.2) is 6.61 Å². The smallest absolute Gasteiger partial charge is 0.262 e. The standard InChI is InChI=1S/C15H12ClFN2O4S/c16-11-5-12-13(23-8-15(20)19-12)6-14(11)24(21,22)18-7-9-1-3-10(17)4-2-9/h1-6,18H,7-8H2,(H,19,20). The first-order valence-corrected chi connectivity index (χ1v) is 8.71. The van der Waals surface area contributed by atoms with Gasteiger partial charge in [0.05, 0.1) is 10.7 Å².